The number of rotatable bonds is 2. The maximum absolute atomic E-state index is 5.48. The van der Waals surface area contributed by atoms with Gasteiger partial charge in [-0.3, -0.25) is 4.98 Å². The van der Waals surface area contributed by atoms with Gasteiger partial charge >= 0.3 is 0 Å². The van der Waals surface area contributed by atoms with Crippen LogP contribution in [-0.4, -0.2) is 15.1 Å². The van der Waals surface area contributed by atoms with E-state index >= 15 is 0 Å². The van der Waals surface area contributed by atoms with E-state index in [1.54, 1.807) is 0 Å². The first kappa shape index (κ1) is 13.6. The molecule has 0 unspecified atom stereocenters. The summed E-state index contributed by atoms with van der Waals surface area (Å²) in [6, 6.07) is 18.1. The fourth-order valence-electron chi connectivity index (χ4n) is 2.57. The molecule has 2 aromatic carbocycles. The Bertz CT molecular complexity index is 987. The Morgan fingerprint density at radius 2 is 1.65 bits per heavy atom. The molecule has 0 saturated heterocycles. The molecule has 112 valence electrons. The lowest BCUT2D eigenvalue weighted by Crippen LogP contribution is -1.88. The Balaban J connectivity index is 1.83. The van der Waals surface area contributed by atoms with Crippen molar-refractivity contribution < 1.29 is 4.52 Å². The highest BCUT2D eigenvalue weighted by Crippen LogP contribution is 2.28. The fraction of sp³-hybridized carbons (Fsp3) is 0.105. The predicted molar refractivity (Wildman–Crippen MR) is 89.9 cm³/mol. The zero-order valence-corrected chi connectivity index (χ0v) is 12.9. The molecule has 0 radical (unpaired) electrons. The largest absolute Gasteiger partial charge is 0.334 e. The van der Waals surface area contributed by atoms with E-state index in [9.17, 15) is 0 Å². The number of aromatic nitrogens is 3. The minimum absolute atomic E-state index is 0.490. The minimum atomic E-state index is 0.490. The van der Waals surface area contributed by atoms with Crippen molar-refractivity contribution in [3.63, 3.8) is 0 Å². The van der Waals surface area contributed by atoms with Crippen molar-refractivity contribution in [1.82, 2.24) is 15.1 Å². The van der Waals surface area contributed by atoms with Crippen LogP contribution in [0.25, 0.3) is 33.7 Å². The Morgan fingerprint density at radius 3 is 2.48 bits per heavy atom. The van der Waals surface area contributed by atoms with Crippen LogP contribution < -0.4 is 0 Å². The summed E-state index contributed by atoms with van der Waals surface area (Å²) in [6.45, 7) is 4.03. The summed E-state index contributed by atoms with van der Waals surface area (Å²) in [6.07, 6.45) is 0. The Hall–Kier alpha value is -3.01. The van der Waals surface area contributed by atoms with Crippen molar-refractivity contribution >= 4 is 10.9 Å². The normalized spacial score (nSPS) is 11.0. The fourth-order valence-corrected chi connectivity index (χ4v) is 2.57. The summed E-state index contributed by atoms with van der Waals surface area (Å²) in [4.78, 5) is 9.16. The minimum Gasteiger partial charge on any atom is -0.334 e. The van der Waals surface area contributed by atoms with Gasteiger partial charge in [-0.05, 0) is 26.0 Å². The first-order valence-electron chi connectivity index (χ1n) is 7.48. The third-order valence-electron chi connectivity index (χ3n) is 3.83. The third kappa shape index (κ3) is 2.48. The van der Waals surface area contributed by atoms with Crippen molar-refractivity contribution in [3.8, 4) is 22.8 Å². The second kappa shape index (κ2) is 5.32. The smallest absolute Gasteiger partial charge is 0.260 e. The summed E-state index contributed by atoms with van der Waals surface area (Å²) in [5.41, 5.74) is 4.84. The second-order valence-corrected chi connectivity index (χ2v) is 5.62. The highest BCUT2D eigenvalue weighted by Gasteiger charge is 2.14. The number of benzene rings is 2. The van der Waals surface area contributed by atoms with Crippen molar-refractivity contribution in [3.05, 3.63) is 65.9 Å². The monoisotopic (exact) mass is 301 g/mol. The van der Waals surface area contributed by atoms with E-state index < -0.39 is 0 Å². The van der Waals surface area contributed by atoms with Crippen molar-refractivity contribution in [1.29, 1.82) is 0 Å². The predicted octanol–water partition coefficient (Wildman–Crippen LogP) is 4.57. The van der Waals surface area contributed by atoms with Crippen LogP contribution in [0.5, 0.6) is 0 Å². The van der Waals surface area contributed by atoms with Crippen molar-refractivity contribution in [2.45, 2.75) is 13.8 Å². The molecule has 4 aromatic rings. The molecule has 0 spiro atoms. The lowest BCUT2D eigenvalue weighted by atomic mass is 10.1. The summed E-state index contributed by atoms with van der Waals surface area (Å²) >= 11 is 0. The van der Waals surface area contributed by atoms with E-state index in [0.717, 1.165) is 27.7 Å². The number of pyridine rings is 1. The Kier molecular flexibility index (Phi) is 3.15. The maximum Gasteiger partial charge on any atom is 0.260 e. The molecule has 0 amide bonds. The van der Waals surface area contributed by atoms with Gasteiger partial charge in [-0.2, -0.15) is 4.98 Å². The standard InChI is InChI=1S/C19H15N3O/c1-12-6-9-15(10-7-12)18-21-19(23-22-18)16-5-3-4-14-11-8-13(2)20-17(14)16/h3-11H,1-2H3. The molecular weight excluding hydrogens is 286 g/mol. The van der Waals surface area contributed by atoms with Crippen LogP contribution in [0, 0.1) is 13.8 Å². The zero-order chi connectivity index (χ0) is 15.8. The number of nitrogens with zero attached hydrogens (tertiary/aromatic N) is 3. The number of hydrogen-bond donors (Lipinski definition) is 0. The van der Waals surface area contributed by atoms with Crippen LogP contribution in [0.3, 0.4) is 0 Å². The lowest BCUT2D eigenvalue weighted by Gasteiger charge is -2.02. The number of para-hydroxylation sites is 1. The first-order valence-corrected chi connectivity index (χ1v) is 7.48. The van der Waals surface area contributed by atoms with Gasteiger partial charge < -0.3 is 4.52 Å². The van der Waals surface area contributed by atoms with E-state index in [2.05, 4.69) is 28.1 Å². The van der Waals surface area contributed by atoms with E-state index in [-0.39, 0.29) is 0 Å². The molecular formula is C19H15N3O. The molecule has 2 aromatic heterocycles. The van der Waals surface area contributed by atoms with Crippen LogP contribution in [0.15, 0.2) is 59.1 Å². The van der Waals surface area contributed by atoms with Gasteiger partial charge in [0.25, 0.3) is 5.89 Å². The Labute approximate surface area is 133 Å². The van der Waals surface area contributed by atoms with Crippen molar-refractivity contribution in [2.75, 3.05) is 0 Å². The van der Waals surface area contributed by atoms with Gasteiger partial charge in [0.05, 0.1) is 11.1 Å². The van der Waals surface area contributed by atoms with E-state index in [1.807, 2.05) is 55.5 Å². The maximum atomic E-state index is 5.48. The quantitative estimate of drug-likeness (QED) is 0.544. The van der Waals surface area contributed by atoms with Crippen LogP contribution in [0.2, 0.25) is 0 Å². The second-order valence-electron chi connectivity index (χ2n) is 5.62. The van der Waals surface area contributed by atoms with Gasteiger partial charge in [0, 0.05) is 16.6 Å². The highest BCUT2D eigenvalue weighted by molar-refractivity contribution is 5.91. The number of hydrogen-bond acceptors (Lipinski definition) is 4. The lowest BCUT2D eigenvalue weighted by molar-refractivity contribution is 0.432. The molecule has 0 fully saturated rings. The highest BCUT2D eigenvalue weighted by atomic mass is 16.5. The number of fused-ring (bicyclic) bond motifs is 1. The average Bonchev–Trinajstić information content (AvgIpc) is 3.04. The van der Waals surface area contributed by atoms with Gasteiger partial charge in [0.2, 0.25) is 5.82 Å². The molecule has 0 aliphatic carbocycles. The zero-order valence-electron chi connectivity index (χ0n) is 12.9. The topological polar surface area (TPSA) is 51.8 Å². The molecule has 23 heavy (non-hydrogen) atoms. The SMILES string of the molecule is Cc1ccc(-c2noc(-c3cccc4ccc(C)nc34)n2)cc1. The van der Waals surface area contributed by atoms with E-state index in [0.29, 0.717) is 11.7 Å². The van der Waals surface area contributed by atoms with Gasteiger partial charge in [-0.15, -0.1) is 0 Å². The summed E-state index contributed by atoms with van der Waals surface area (Å²) < 4.78 is 5.48. The van der Waals surface area contributed by atoms with E-state index in [4.69, 9.17) is 4.52 Å². The summed E-state index contributed by atoms with van der Waals surface area (Å²) in [5.74, 6) is 1.08. The number of aryl methyl sites for hydroxylation is 2. The molecule has 4 heteroatoms. The first-order chi connectivity index (χ1) is 11.2. The molecule has 0 saturated carbocycles. The van der Waals surface area contributed by atoms with Gasteiger partial charge in [0.1, 0.15) is 0 Å². The summed E-state index contributed by atoms with van der Waals surface area (Å²) in [5, 5.41) is 5.17. The van der Waals surface area contributed by atoms with Crippen LogP contribution in [0.1, 0.15) is 11.3 Å². The van der Waals surface area contributed by atoms with Gasteiger partial charge in [0.15, 0.2) is 0 Å². The average molecular weight is 301 g/mol. The molecule has 2 heterocycles. The molecule has 0 aliphatic heterocycles. The molecule has 4 rings (SSSR count). The van der Waals surface area contributed by atoms with Crippen molar-refractivity contribution in [2.24, 2.45) is 0 Å². The van der Waals surface area contributed by atoms with E-state index in [1.165, 1.54) is 5.56 Å². The van der Waals surface area contributed by atoms with Crippen LogP contribution >= 0.6 is 0 Å². The molecule has 4 nitrogen and oxygen atoms in total. The van der Waals surface area contributed by atoms with Crippen LogP contribution in [-0.2, 0) is 0 Å². The molecule has 0 bridgehead atoms. The molecule has 0 atom stereocenters. The summed E-state index contributed by atoms with van der Waals surface area (Å²) in [7, 11) is 0. The van der Waals surface area contributed by atoms with Gasteiger partial charge in [-0.25, -0.2) is 0 Å². The molecule has 0 aliphatic rings. The molecule has 0 N–H and O–H groups in total. The van der Waals surface area contributed by atoms with Crippen LogP contribution in [0.4, 0.5) is 0 Å². The van der Waals surface area contributed by atoms with Gasteiger partial charge in [-0.1, -0.05) is 53.2 Å². The third-order valence-corrected chi connectivity index (χ3v) is 3.83. The Morgan fingerprint density at radius 1 is 0.826 bits per heavy atom.